The summed E-state index contributed by atoms with van der Waals surface area (Å²) < 4.78 is 34.5. The Bertz CT molecular complexity index is 1560. The number of sulfonamides is 1. The van der Waals surface area contributed by atoms with Gasteiger partial charge >= 0.3 is 0 Å². The number of nitrogens with zero attached hydrogens (tertiary/aromatic N) is 4. The van der Waals surface area contributed by atoms with E-state index < -0.39 is 15.9 Å². The Morgan fingerprint density at radius 1 is 1.08 bits per heavy atom. The molecule has 0 N–H and O–H groups in total. The Morgan fingerprint density at radius 2 is 1.78 bits per heavy atom. The van der Waals surface area contributed by atoms with E-state index >= 15 is 0 Å². The summed E-state index contributed by atoms with van der Waals surface area (Å²) in [5.74, 6) is -0.417. The second kappa shape index (κ2) is 10.8. The van der Waals surface area contributed by atoms with E-state index in [2.05, 4.69) is 26.0 Å². The van der Waals surface area contributed by atoms with Crippen LogP contribution in [0.4, 0.5) is 5.13 Å². The lowest BCUT2D eigenvalue weighted by molar-refractivity contribution is 0.0730. The van der Waals surface area contributed by atoms with Crippen molar-refractivity contribution in [3.63, 3.8) is 0 Å². The molecular formula is C26H23BrN4O4S2. The highest BCUT2D eigenvalue weighted by Crippen LogP contribution is 2.31. The molecule has 0 radical (unpaired) electrons. The molecule has 37 heavy (non-hydrogen) atoms. The van der Waals surface area contributed by atoms with Gasteiger partial charge in [-0.3, -0.25) is 4.79 Å². The molecule has 1 aromatic heterocycles. The highest BCUT2D eigenvalue weighted by atomic mass is 79.9. The minimum Gasteiger partial charge on any atom is -0.379 e. The predicted octanol–water partition coefficient (Wildman–Crippen LogP) is 5.07. The minimum absolute atomic E-state index is 0.131. The van der Waals surface area contributed by atoms with Crippen LogP contribution >= 0.6 is 27.3 Å². The van der Waals surface area contributed by atoms with Gasteiger partial charge in [0.05, 0.1) is 34.5 Å². The van der Waals surface area contributed by atoms with Crippen molar-refractivity contribution < 1.29 is 17.9 Å². The highest BCUT2D eigenvalue weighted by Gasteiger charge is 2.27. The Hall–Kier alpha value is -2.96. The number of hydrogen-bond acceptors (Lipinski definition) is 7. The zero-order chi connectivity index (χ0) is 26.0. The second-order valence-electron chi connectivity index (χ2n) is 8.42. The first-order valence-corrected chi connectivity index (χ1v) is 14.6. The number of carbonyl (C=O) groups is 1. The first kappa shape index (κ1) is 25.7. The van der Waals surface area contributed by atoms with Crippen LogP contribution in [0, 0.1) is 6.92 Å². The Labute approximate surface area is 227 Å². The topological polar surface area (TPSA) is 92.2 Å². The number of ether oxygens (including phenoxy) is 1. The number of hydrogen-bond donors (Lipinski definition) is 0. The number of fused-ring (bicyclic) bond motifs is 1. The number of amides is 1. The fourth-order valence-electron chi connectivity index (χ4n) is 3.80. The molecule has 5 rings (SSSR count). The molecule has 1 aliphatic rings. The van der Waals surface area contributed by atoms with Crippen molar-refractivity contribution in [2.75, 3.05) is 31.3 Å². The molecule has 1 saturated heterocycles. The van der Waals surface area contributed by atoms with Crippen molar-refractivity contribution in [2.45, 2.75) is 11.8 Å². The molecule has 190 valence electrons. The molecule has 1 fully saturated rings. The monoisotopic (exact) mass is 598 g/mol. The first-order valence-electron chi connectivity index (χ1n) is 11.5. The molecule has 3 aromatic carbocycles. The fourth-order valence-corrected chi connectivity index (χ4v) is 6.49. The molecule has 0 atom stereocenters. The molecule has 11 heteroatoms. The predicted molar refractivity (Wildman–Crippen MR) is 149 cm³/mol. The summed E-state index contributed by atoms with van der Waals surface area (Å²) in [5, 5.41) is 6.16. The van der Waals surface area contributed by atoms with Gasteiger partial charge in [0, 0.05) is 23.1 Å². The molecular weight excluding hydrogens is 576 g/mol. The number of thiazole rings is 1. The van der Waals surface area contributed by atoms with Gasteiger partial charge in [0.1, 0.15) is 0 Å². The third-order valence-corrected chi connectivity index (χ3v) is 9.24. The summed E-state index contributed by atoms with van der Waals surface area (Å²) >= 11 is 4.78. The van der Waals surface area contributed by atoms with Gasteiger partial charge in [0.15, 0.2) is 0 Å². The van der Waals surface area contributed by atoms with Gasteiger partial charge in [-0.05, 0) is 66.6 Å². The van der Waals surface area contributed by atoms with Crippen LogP contribution in [-0.4, -0.2) is 56.1 Å². The van der Waals surface area contributed by atoms with E-state index in [4.69, 9.17) is 4.74 Å². The van der Waals surface area contributed by atoms with Crippen LogP contribution in [-0.2, 0) is 14.8 Å². The normalized spacial score (nSPS) is 14.9. The maximum Gasteiger partial charge on any atom is 0.280 e. The van der Waals surface area contributed by atoms with Crippen molar-refractivity contribution in [3.8, 4) is 0 Å². The number of rotatable bonds is 6. The standard InChI is InChI=1S/C26H23BrN4O4S2/c1-18-2-11-23-24(16-18)36-26(29-23)31(28-17-19-3-7-21(27)8-4-19)25(32)20-5-9-22(10-6-20)37(33,34)30-12-14-35-15-13-30/h2-11,16-17H,12-15H2,1H3/b28-17+. The summed E-state index contributed by atoms with van der Waals surface area (Å²) in [6.45, 7) is 3.34. The highest BCUT2D eigenvalue weighted by molar-refractivity contribution is 9.10. The summed E-state index contributed by atoms with van der Waals surface area (Å²) in [6, 6.07) is 19.4. The molecule has 1 aliphatic heterocycles. The van der Waals surface area contributed by atoms with E-state index in [0.717, 1.165) is 25.8 Å². The molecule has 4 aromatic rings. The zero-order valence-electron chi connectivity index (χ0n) is 19.9. The van der Waals surface area contributed by atoms with Gasteiger partial charge < -0.3 is 4.74 Å². The minimum atomic E-state index is -3.66. The summed E-state index contributed by atoms with van der Waals surface area (Å²) in [7, 11) is -3.66. The van der Waals surface area contributed by atoms with Gasteiger partial charge in [-0.1, -0.05) is 45.5 Å². The van der Waals surface area contributed by atoms with Crippen LogP contribution in [0.25, 0.3) is 10.2 Å². The van der Waals surface area contributed by atoms with E-state index in [0.29, 0.717) is 37.0 Å². The van der Waals surface area contributed by atoms with Crippen LogP contribution in [0.3, 0.4) is 0 Å². The van der Waals surface area contributed by atoms with E-state index in [9.17, 15) is 13.2 Å². The number of morpholine rings is 1. The van der Waals surface area contributed by atoms with Crippen molar-refractivity contribution in [1.29, 1.82) is 0 Å². The Balaban J connectivity index is 1.47. The maximum absolute atomic E-state index is 13.6. The van der Waals surface area contributed by atoms with Crippen molar-refractivity contribution >= 4 is 64.8 Å². The molecule has 8 nitrogen and oxygen atoms in total. The van der Waals surface area contributed by atoms with Crippen LogP contribution < -0.4 is 5.01 Å². The molecule has 0 spiro atoms. The molecule has 2 heterocycles. The first-order chi connectivity index (χ1) is 17.8. The quantitative estimate of drug-likeness (QED) is 0.228. The lowest BCUT2D eigenvalue weighted by Crippen LogP contribution is -2.40. The van der Waals surface area contributed by atoms with Crippen LogP contribution in [0.1, 0.15) is 21.5 Å². The summed E-state index contributed by atoms with van der Waals surface area (Å²) in [6.07, 6.45) is 1.60. The fraction of sp³-hybridized carbons (Fsp3) is 0.192. The van der Waals surface area contributed by atoms with Crippen molar-refractivity contribution in [1.82, 2.24) is 9.29 Å². The Morgan fingerprint density at radius 3 is 2.49 bits per heavy atom. The number of anilines is 1. The largest absolute Gasteiger partial charge is 0.379 e. The molecule has 0 saturated carbocycles. The van der Waals surface area contributed by atoms with E-state index in [1.807, 2.05) is 49.4 Å². The van der Waals surface area contributed by atoms with Gasteiger partial charge in [0.2, 0.25) is 15.2 Å². The molecule has 0 bridgehead atoms. The number of hydrazone groups is 1. The SMILES string of the molecule is Cc1ccc2nc(N(/N=C/c3ccc(Br)cc3)C(=O)c3ccc(S(=O)(=O)N4CCOCC4)cc3)sc2c1. The molecule has 1 amide bonds. The summed E-state index contributed by atoms with van der Waals surface area (Å²) in [4.78, 5) is 18.4. The van der Waals surface area contributed by atoms with Crippen molar-refractivity contribution in [3.05, 3.63) is 87.9 Å². The Kier molecular flexibility index (Phi) is 7.50. The molecule has 0 unspecified atom stereocenters. The zero-order valence-corrected chi connectivity index (χ0v) is 23.1. The van der Waals surface area contributed by atoms with Crippen LogP contribution in [0.5, 0.6) is 0 Å². The maximum atomic E-state index is 13.6. The smallest absolute Gasteiger partial charge is 0.280 e. The number of benzene rings is 3. The number of aryl methyl sites for hydroxylation is 1. The number of aromatic nitrogens is 1. The molecule has 0 aliphatic carbocycles. The average molecular weight is 600 g/mol. The lowest BCUT2D eigenvalue weighted by atomic mass is 10.2. The summed E-state index contributed by atoms with van der Waals surface area (Å²) in [5.41, 5.74) is 2.97. The second-order valence-corrected chi connectivity index (χ2v) is 12.3. The third kappa shape index (κ3) is 5.65. The number of halogens is 1. The van der Waals surface area contributed by atoms with Gasteiger partial charge in [-0.25, -0.2) is 13.4 Å². The van der Waals surface area contributed by atoms with Gasteiger partial charge in [-0.2, -0.15) is 14.4 Å². The van der Waals surface area contributed by atoms with Gasteiger partial charge in [-0.15, -0.1) is 0 Å². The van der Waals surface area contributed by atoms with E-state index in [1.165, 1.54) is 44.9 Å². The average Bonchev–Trinajstić information content (AvgIpc) is 3.33. The number of carbonyl (C=O) groups excluding carboxylic acids is 1. The van der Waals surface area contributed by atoms with E-state index in [-0.39, 0.29) is 4.90 Å². The van der Waals surface area contributed by atoms with E-state index in [1.54, 1.807) is 6.21 Å². The van der Waals surface area contributed by atoms with Crippen LogP contribution in [0.2, 0.25) is 0 Å². The van der Waals surface area contributed by atoms with Gasteiger partial charge in [0.25, 0.3) is 5.91 Å². The van der Waals surface area contributed by atoms with Crippen LogP contribution in [0.15, 0.2) is 81.2 Å². The third-order valence-electron chi connectivity index (χ3n) is 5.81. The lowest BCUT2D eigenvalue weighted by Gasteiger charge is -2.26. The van der Waals surface area contributed by atoms with Crippen molar-refractivity contribution in [2.24, 2.45) is 5.10 Å².